The Morgan fingerprint density at radius 1 is 1.13 bits per heavy atom. The second kappa shape index (κ2) is 10.0. The summed E-state index contributed by atoms with van der Waals surface area (Å²) >= 11 is 6.06. The van der Waals surface area contributed by atoms with Crippen LogP contribution in [-0.2, 0) is 10.0 Å². The van der Waals surface area contributed by atoms with E-state index in [1.807, 2.05) is 6.92 Å². The van der Waals surface area contributed by atoms with Crippen molar-refractivity contribution in [2.24, 2.45) is 11.8 Å². The smallest absolute Gasteiger partial charge is 0.261 e. The van der Waals surface area contributed by atoms with Gasteiger partial charge in [-0.05, 0) is 55.5 Å². The number of sulfonamides is 1. The average Bonchev–Trinajstić information content (AvgIpc) is 2.69. The average molecular weight is 464 g/mol. The summed E-state index contributed by atoms with van der Waals surface area (Å²) in [5.41, 5.74) is 0.590. The highest BCUT2D eigenvalue weighted by molar-refractivity contribution is 7.92. The number of carbonyl (C=O) groups excluding carboxylic acids is 1. The molecule has 8 heteroatoms. The first-order valence-corrected chi connectivity index (χ1v) is 12.4. The fraction of sp³-hybridized carbons (Fsp3) is 0.435. The molecule has 1 amide bonds. The normalized spacial score (nSPS) is 20.8. The van der Waals surface area contributed by atoms with Crippen LogP contribution in [0.15, 0.2) is 53.4 Å². The van der Waals surface area contributed by atoms with Crippen LogP contribution >= 0.6 is 11.6 Å². The lowest BCUT2D eigenvalue weighted by Gasteiger charge is -2.36. The zero-order valence-corrected chi connectivity index (χ0v) is 19.7. The van der Waals surface area contributed by atoms with Crippen molar-refractivity contribution >= 4 is 33.2 Å². The van der Waals surface area contributed by atoms with E-state index in [1.54, 1.807) is 36.4 Å². The van der Waals surface area contributed by atoms with Gasteiger partial charge in [-0.1, -0.05) is 43.6 Å². The van der Waals surface area contributed by atoms with Crippen LogP contribution in [0.1, 0.15) is 37.6 Å². The van der Waals surface area contributed by atoms with Gasteiger partial charge in [0.1, 0.15) is 0 Å². The first kappa shape index (κ1) is 23.6. The monoisotopic (exact) mass is 463 g/mol. The molecule has 3 unspecified atom stereocenters. The Kier molecular flexibility index (Phi) is 7.62. The Labute approximate surface area is 190 Å². The van der Waals surface area contributed by atoms with E-state index in [4.69, 9.17) is 11.6 Å². The van der Waals surface area contributed by atoms with Crippen LogP contribution in [0.25, 0.3) is 0 Å². The number of nitrogens with one attached hydrogen (secondary N) is 2. The maximum absolute atomic E-state index is 12.8. The van der Waals surface area contributed by atoms with Crippen molar-refractivity contribution in [1.29, 1.82) is 0 Å². The van der Waals surface area contributed by atoms with Crippen LogP contribution in [0.2, 0.25) is 5.02 Å². The molecule has 2 N–H and O–H groups in total. The van der Waals surface area contributed by atoms with Crippen molar-refractivity contribution < 1.29 is 13.2 Å². The molecule has 0 bridgehead atoms. The number of nitrogens with zero attached hydrogens (tertiary/aromatic N) is 1. The molecule has 1 aliphatic rings. The highest BCUT2D eigenvalue weighted by Crippen LogP contribution is 2.24. The molecular weight excluding hydrogens is 434 g/mol. The van der Waals surface area contributed by atoms with Crippen LogP contribution in [-0.4, -0.2) is 44.9 Å². The SMILES string of the molecule is CC1CC(C)CN(CC(C)NC(=O)c2cccc(S(=O)(=O)Nc3ccccc3Cl)c2)C1. The number of hydrogen-bond donors (Lipinski definition) is 2. The largest absolute Gasteiger partial charge is 0.348 e. The predicted octanol–water partition coefficient (Wildman–Crippen LogP) is 4.24. The molecule has 1 saturated heterocycles. The number of benzene rings is 2. The second-order valence-corrected chi connectivity index (χ2v) is 10.7. The van der Waals surface area contributed by atoms with Gasteiger partial charge in [0, 0.05) is 31.2 Å². The van der Waals surface area contributed by atoms with E-state index in [1.165, 1.54) is 18.6 Å². The molecule has 0 saturated carbocycles. The summed E-state index contributed by atoms with van der Waals surface area (Å²) in [5.74, 6) is 1.01. The zero-order chi connectivity index (χ0) is 22.6. The van der Waals surface area contributed by atoms with E-state index in [9.17, 15) is 13.2 Å². The number of amides is 1. The van der Waals surface area contributed by atoms with Crippen molar-refractivity contribution in [2.45, 2.75) is 38.1 Å². The maximum atomic E-state index is 12.8. The van der Waals surface area contributed by atoms with Crippen molar-refractivity contribution in [1.82, 2.24) is 10.2 Å². The molecule has 3 atom stereocenters. The van der Waals surface area contributed by atoms with Crippen molar-refractivity contribution in [3.05, 3.63) is 59.1 Å². The van der Waals surface area contributed by atoms with Gasteiger partial charge >= 0.3 is 0 Å². The van der Waals surface area contributed by atoms with Gasteiger partial charge in [0.15, 0.2) is 0 Å². The van der Waals surface area contributed by atoms with E-state index < -0.39 is 10.0 Å². The third kappa shape index (κ3) is 6.45. The molecule has 1 aliphatic heterocycles. The molecular formula is C23H30ClN3O3S. The molecule has 0 aromatic heterocycles. The number of rotatable bonds is 7. The van der Waals surface area contributed by atoms with E-state index in [-0.39, 0.29) is 22.5 Å². The topological polar surface area (TPSA) is 78.5 Å². The molecule has 0 radical (unpaired) electrons. The van der Waals surface area contributed by atoms with E-state index in [0.29, 0.717) is 22.4 Å². The second-order valence-electron chi connectivity index (χ2n) is 8.65. The lowest BCUT2D eigenvalue weighted by Crippen LogP contribution is -2.47. The number of para-hydroxylation sites is 1. The number of likely N-dealkylation sites (tertiary alicyclic amines) is 1. The summed E-state index contributed by atoms with van der Waals surface area (Å²) in [4.78, 5) is 15.1. The molecule has 6 nitrogen and oxygen atoms in total. The molecule has 168 valence electrons. The summed E-state index contributed by atoms with van der Waals surface area (Å²) in [6, 6.07) is 12.6. The van der Waals surface area contributed by atoms with Crippen LogP contribution < -0.4 is 10.0 Å². The number of anilines is 1. The van der Waals surface area contributed by atoms with Crippen molar-refractivity contribution in [2.75, 3.05) is 24.4 Å². The highest BCUT2D eigenvalue weighted by Gasteiger charge is 2.24. The molecule has 2 aromatic carbocycles. The summed E-state index contributed by atoms with van der Waals surface area (Å²) < 4.78 is 28.0. The van der Waals surface area contributed by atoms with Crippen LogP contribution in [0.4, 0.5) is 5.69 Å². The lowest BCUT2D eigenvalue weighted by atomic mass is 9.92. The fourth-order valence-electron chi connectivity index (χ4n) is 4.23. The third-order valence-electron chi connectivity index (χ3n) is 5.38. The standard InChI is InChI=1S/C23H30ClN3O3S/c1-16-11-17(2)14-27(13-16)15-18(3)25-23(28)19-7-6-8-20(12-19)31(29,30)26-22-10-5-4-9-21(22)24/h4-10,12,16-18,26H,11,13-15H2,1-3H3,(H,25,28). The first-order chi connectivity index (χ1) is 14.6. The van der Waals surface area contributed by atoms with Gasteiger partial charge in [-0.25, -0.2) is 8.42 Å². The van der Waals surface area contributed by atoms with Gasteiger partial charge in [0.25, 0.3) is 15.9 Å². The molecule has 3 rings (SSSR count). The summed E-state index contributed by atoms with van der Waals surface area (Å²) in [6.45, 7) is 9.33. The predicted molar refractivity (Wildman–Crippen MR) is 125 cm³/mol. The minimum absolute atomic E-state index is 0.00593. The minimum atomic E-state index is -3.88. The third-order valence-corrected chi connectivity index (χ3v) is 7.07. The Morgan fingerprint density at radius 3 is 2.48 bits per heavy atom. The summed E-state index contributed by atoms with van der Waals surface area (Å²) in [5, 5.41) is 3.29. The molecule has 2 aromatic rings. The fourth-order valence-corrected chi connectivity index (χ4v) is 5.60. The zero-order valence-electron chi connectivity index (χ0n) is 18.1. The van der Waals surface area contributed by atoms with Gasteiger partial charge < -0.3 is 10.2 Å². The Bertz CT molecular complexity index is 1020. The lowest BCUT2D eigenvalue weighted by molar-refractivity contribution is 0.0904. The van der Waals surface area contributed by atoms with Gasteiger partial charge in [-0.3, -0.25) is 9.52 Å². The molecule has 0 aliphatic carbocycles. The Balaban J connectivity index is 1.66. The Morgan fingerprint density at radius 2 is 1.81 bits per heavy atom. The van der Waals surface area contributed by atoms with Gasteiger partial charge in [0.05, 0.1) is 15.6 Å². The summed E-state index contributed by atoms with van der Waals surface area (Å²) in [7, 11) is -3.88. The van der Waals surface area contributed by atoms with Gasteiger partial charge in [-0.15, -0.1) is 0 Å². The first-order valence-electron chi connectivity index (χ1n) is 10.5. The van der Waals surface area contributed by atoms with Gasteiger partial charge in [0.2, 0.25) is 0 Å². The van der Waals surface area contributed by atoms with E-state index in [0.717, 1.165) is 19.6 Å². The molecule has 1 heterocycles. The van der Waals surface area contributed by atoms with E-state index >= 15 is 0 Å². The molecule has 31 heavy (non-hydrogen) atoms. The Hall–Kier alpha value is -2.09. The number of halogens is 1. The summed E-state index contributed by atoms with van der Waals surface area (Å²) in [6.07, 6.45) is 1.24. The van der Waals surface area contributed by atoms with Gasteiger partial charge in [-0.2, -0.15) is 0 Å². The number of piperidine rings is 1. The quantitative estimate of drug-likeness (QED) is 0.643. The van der Waals surface area contributed by atoms with Crippen molar-refractivity contribution in [3.8, 4) is 0 Å². The van der Waals surface area contributed by atoms with E-state index in [2.05, 4.69) is 28.8 Å². The van der Waals surface area contributed by atoms with Crippen LogP contribution in [0.5, 0.6) is 0 Å². The van der Waals surface area contributed by atoms with Crippen LogP contribution in [0, 0.1) is 11.8 Å². The molecule has 1 fully saturated rings. The van der Waals surface area contributed by atoms with Crippen LogP contribution in [0.3, 0.4) is 0 Å². The number of hydrogen-bond acceptors (Lipinski definition) is 4. The molecule has 0 spiro atoms. The minimum Gasteiger partial charge on any atom is -0.348 e. The van der Waals surface area contributed by atoms with Crippen molar-refractivity contribution in [3.63, 3.8) is 0 Å². The number of carbonyl (C=O) groups is 1. The maximum Gasteiger partial charge on any atom is 0.261 e. The highest BCUT2D eigenvalue weighted by atomic mass is 35.5.